The fourth-order valence-corrected chi connectivity index (χ4v) is 9.51. The van der Waals surface area contributed by atoms with E-state index >= 15 is 0 Å². The van der Waals surface area contributed by atoms with Gasteiger partial charge in [0.1, 0.15) is 28.4 Å². The fourth-order valence-electron chi connectivity index (χ4n) is 8.58. The van der Waals surface area contributed by atoms with Gasteiger partial charge >= 0.3 is 0 Å². The third-order valence-electron chi connectivity index (χ3n) is 12.1. The standard InChI is InChI=1S/C30H28N4O3S.C27H30N4O4/c1-4-18-33-20(2)28(30(36)34(33)22-8-6-5-7-9-22)29(35)32-21-10-13-24(14-11-21)38-27-16-17-31-26-19-23(37-3)12-15-25(26)27;1-4-16-30-19(2)25(27(33)31(30)20-9-6-5-7-10-20)26(32)29-14-8-17-35-24-13-15-28-23-18-21(34-3)11-12-22(23)24/h5-17,19H,4,18H2,1-3H3,(H,32,35);5-7,9-13,15,18H,4,8,14,16-17H2,1-3H3,(H,29,32). The topological polar surface area (TPSA) is 166 Å². The molecule has 0 spiro atoms. The zero-order valence-corrected chi connectivity index (χ0v) is 42.6. The molecule has 0 aliphatic heterocycles. The number of fused-ring (bicyclic) bond motifs is 2. The van der Waals surface area contributed by atoms with Crippen LogP contribution in [0.15, 0.2) is 165 Å². The van der Waals surface area contributed by atoms with E-state index < -0.39 is 5.91 Å². The number of pyridine rings is 2. The highest BCUT2D eigenvalue weighted by atomic mass is 32.2. The molecule has 0 unspecified atom stereocenters. The van der Waals surface area contributed by atoms with E-state index in [1.165, 1.54) is 0 Å². The number of nitrogens with zero attached hydrogens (tertiary/aromatic N) is 6. The molecule has 0 saturated heterocycles. The summed E-state index contributed by atoms with van der Waals surface area (Å²) >= 11 is 1.62. The molecular formula is C57H58N8O7S. The molecule has 0 fully saturated rings. The van der Waals surface area contributed by atoms with Crippen LogP contribution in [0, 0.1) is 13.8 Å². The number of nitrogens with one attached hydrogen (secondary N) is 2. The molecule has 2 amide bonds. The number of anilines is 1. The molecule has 73 heavy (non-hydrogen) atoms. The monoisotopic (exact) mass is 998 g/mol. The van der Waals surface area contributed by atoms with E-state index in [0.717, 1.165) is 73.1 Å². The predicted octanol–water partition coefficient (Wildman–Crippen LogP) is 10.4. The highest BCUT2D eigenvalue weighted by Crippen LogP contribution is 2.35. The van der Waals surface area contributed by atoms with Crippen LogP contribution in [0.3, 0.4) is 0 Å². The number of amides is 2. The van der Waals surface area contributed by atoms with Crippen molar-refractivity contribution in [3.8, 4) is 28.6 Å². The lowest BCUT2D eigenvalue weighted by Crippen LogP contribution is -2.31. The van der Waals surface area contributed by atoms with Gasteiger partial charge in [-0.1, -0.05) is 62.0 Å². The largest absolute Gasteiger partial charge is 0.497 e. The summed E-state index contributed by atoms with van der Waals surface area (Å²) in [5.41, 5.74) is 4.75. The number of ether oxygens (including phenoxy) is 3. The van der Waals surface area contributed by atoms with Gasteiger partial charge in [0, 0.05) is 70.4 Å². The molecule has 0 saturated carbocycles. The number of carbonyl (C=O) groups excluding carboxylic acids is 2. The zero-order valence-electron chi connectivity index (χ0n) is 41.8. The lowest BCUT2D eigenvalue weighted by Gasteiger charge is -2.12. The number of aromatic nitrogens is 6. The van der Waals surface area contributed by atoms with E-state index in [1.54, 1.807) is 47.7 Å². The molecule has 2 N–H and O–H groups in total. The second-order valence-electron chi connectivity index (χ2n) is 17.0. The first-order chi connectivity index (χ1) is 35.5. The molecule has 4 aromatic heterocycles. The van der Waals surface area contributed by atoms with Crippen molar-refractivity contribution in [1.29, 1.82) is 0 Å². The Morgan fingerprint density at radius 3 is 1.68 bits per heavy atom. The Morgan fingerprint density at radius 1 is 0.616 bits per heavy atom. The number of hydrogen-bond donors (Lipinski definition) is 2. The minimum atomic E-state index is -0.415. The first-order valence-electron chi connectivity index (χ1n) is 24.2. The molecule has 0 aliphatic rings. The van der Waals surface area contributed by atoms with Crippen molar-refractivity contribution in [3.05, 3.63) is 189 Å². The van der Waals surface area contributed by atoms with Gasteiger partial charge in [-0.2, -0.15) is 0 Å². The quantitative estimate of drug-likeness (QED) is 0.0790. The Hall–Kier alpha value is -8.37. The average molecular weight is 999 g/mol. The van der Waals surface area contributed by atoms with E-state index in [-0.39, 0.29) is 28.2 Å². The normalized spacial score (nSPS) is 11.0. The van der Waals surface area contributed by atoms with Crippen molar-refractivity contribution in [2.45, 2.75) is 69.8 Å². The molecule has 15 nitrogen and oxygen atoms in total. The van der Waals surface area contributed by atoms with Crippen LogP contribution in [0.1, 0.15) is 65.2 Å². The lowest BCUT2D eigenvalue weighted by molar-refractivity contribution is 0.0948. The fraction of sp³-hybridized carbons (Fsp3) is 0.228. The maximum Gasteiger partial charge on any atom is 0.284 e. The third kappa shape index (κ3) is 11.4. The summed E-state index contributed by atoms with van der Waals surface area (Å²) < 4.78 is 23.4. The van der Waals surface area contributed by atoms with Crippen LogP contribution in [0.5, 0.6) is 17.2 Å². The number of benzene rings is 5. The van der Waals surface area contributed by atoms with Crippen LogP contribution in [-0.4, -0.2) is 67.9 Å². The van der Waals surface area contributed by atoms with Crippen molar-refractivity contribution < 1.29 is 23.8 Å². The van der Waals surface area contributed by atoms with Crippen molar-refractivity contribution in [2.75, 3.05) is 32.7 Å². The Labute approximate surface area is 427 Å². The molecule has 5 aromatic carbocycles. The van der Waals surface area contributed by atoms with Crippen LogP contribution in [0.25, 0.3) is 33.2 Å². The van der Waals surface area contributed by atoms with Crippen LogP contribution in [-0.2, 0) is 13.1 Å². The van der Waals surface area contributed by atoms with Gasteiger partial charge in [0.2, 0.25) is 0 Å². The molecule has 374 valence electrons. The van der Waals surface area contributed by atoms with Gasteiger partial charge in [0.15, 0.2) is 0 Å². The van der Waals surface area contributed by atoms with Gasteiger partial charge in [-0.3, -0.25) is 38.5 Å². The molecule has 9 aromatic rings. The molecular weight excluding hydrogens is 941 g/mol. The molecule has 9 rings (SSSR count). The molecule has 0 atom stereocenters. The summed E-state index contributed by atoms with van der Waals surface area (Å²) in [6.45, 7) is 9.80. The predicted molar refractivity (Wildman–Crippen MR) is 288 cm³/mol. The zero-order chi connectivity index (χ0) is 51.4. The van der Waals surface area contributed by atoms with Crippen LogP contribution >= 0.6 is 11.8 Å². The summed E-state index contributed by atoms with van der Waals surface area (Å²) in [6.07, 6.45) is 5.75. The molecule has 0 bridgehead atoms. The first-order valence-corrected chi connectivity index (χ1v) is 25.0. The van der Waals surface area contributed by atoms with E-state index in [1.807, 2.05) is 171 Å². The summed E-state index contributed by atoms with van der Waals surface area (Å²) in [4.78, 5) is 63.7. The van der Waals surface area contributed by atoms with E-state index in [2.05, 4.69) is 20.6 Å². The van der Waals surface area contributed by atoms with Crippen LogP contribution in [0.4, 0.5) is 5.69 Å². The van der Waals surface area contributed by atoms with Gasteiger partial charge in [0.25, 0.3) is 22.9 Å². The second kappa shape index (κ2) is 23.7. The summed E-state index contributed by atoms with van der Waals surface area (Å²) in [5.74, 6) is 1.44. The van der Waals surface area contributed by atoms with Gasteiger partial charge < -0.3 is 24.8 Å². The Morgan fingerprint density at radius 2 is 1.14 bits per heavy atom. The molecule has 0 radical (unpaired) electrons. The summed E-state index contributed by atoms with van der Waals surface area (Å²) in [6, 6.07) is 41.7. The summed E-state index contributed by atoms with van der Waals surface area (Å²) in [7, 11) is 3.26. The van der Waals surface area contributed by atoms with Gasteiger partial charge in [-0.25, -0.2) is 9.36 Å². The number of hydrogen-bond acceptors (Lipinski definition) is 10. The van der Waals surface area contributed by atoms with Crippen LogP contribution in [0.2, 0.25) is 0 Å². The first kappa shape index (κ1) is 51.0. The molecule has 16 heteroatoms. The Kier molecular flexibility index (Phi) is 16.6. The number of carbonyl (C=O) groups is 2. The maximum atomic E-state index is 13.4. The minimum absolute atomic E-state index is 0.152. The Bertz CT molecular complexity index is 3500. The van der Waals surface area contributed by atoms with Crippen molar-refractivity contribution >= 4 is 51.1 Å². The minimum Gasteiger partial charge on any atom is -0.497 e. The lowest BCUT2D eigenvalue weighted by atomic mass is 10.2. The van der Waals surface area contributed by atoms with Gasteiger partial charge in [0.05, 0.1) is 54.6 Å². The van der Waals surface area contributed by atoms with Crippen molar-refractivity contribution in [3.63, 3.8) is 0 Å². The Balaban J connectivity index is 0.000000196. The van der Waals surface area contributed by atoms with Gasteiger partial charge in [-0.15, -0.1) is 0 Å². The van der Waals surface area contributed by atoms with E-state index in [9.17, 15) is 19.2 Å². The van der Waals surface area contributed by atoms with Crippen molar-refractivity contribution in [2.24, 2.45) is 0 Å². The van der Waals surface area contributed by atoms with Gasteiger partial charge in [-0.05, 0) is 118 Å². The number of para-hydroxylation sites is 2. The highest BCUT2D eigenvalue weighted by Gasteiger charge is 2.25. The molecule has 0 aliphatic carbocycles. The summed E-state index contributed by atoms with van der Waals surface area (Å²) in [5, 5.41) is 7.72. The third-order valence-corrected chi connectivity index (χ3v) is 13.2. The maximum absolute atomic E-state index is 13.4. The van der Waals surface area contributed by atoms with E-state index in [4.69, 9.17) is 14.2 Å². The second-order valence-corrected chi connectivity index (χ2v) is 18.1. The molecule has 4 heterocycles. The average Bonchev–Trinajstić information content (AvgIpc) is 3.81. The number of rotatable bonds is 18. The highest BCUT2D eigenvalue weighted by molar-refractivity contribution is 7.99. The van der Waals surface area contributed by atoms with Crippen LogP contribution < -0.4 is 36.0 Å². The van der Waals surface area contributed by atoms with Crippen molar-refractivity contribution in [1.82, 2.24) is 34.0 Å². The smallest absolute Gasteiger partial charge is 0.284 e. The SMILES string of the molecule is CCCn1c(C)c(C(=O)NCCCOc2ccnc3cc(OC)ccc23)c(=O)n1-c1ccccc1.CCCn1c(C)c(C(=O)Nc2ccc(Sc3ccnc4cc(OC)ccc34)cc2)c(=O)n1-c1ccccc1. The number of methoxy groups -OCH3 is 2. The van der Waals surface area contributed by atoms with E-state index in [0.29, 0.717) is 49.7 Å².